The minimum atomic E-state index is -0.221. The normalized spacial score (nSPS) is 10.2. The van der Waals surface area contributed by atoms with Crippen LogP contribution in [0.3, 0.4) is 0 Å². The highest BCUT2D eigenvalue weighted by Crippen LogP contribution is 2.12. The van der Waals surface area contributed by atoms with Gasteiger partial charge in [0.05, 0.1) is 7.11 Å². The summed E-state index contributed by atoms with van der Waals surface area (Å²) in [4.78, 5) is 14.5. The number of H-pyrrole nitrogens is 1. The van der Waals surface area contributed by atoms with Crippen molar-refractivity contribution in [2.24, 2.45) is 0 Å². The van der Waals surface area contributed by atoms with Crippen LogP contribution < -0.4 is 15.6 Å². The van der Waals surface area contributed by atoms with Gasteiger partial charge in [-0.05, 0) is 24.6 Å². The number of hydrogen-bond donors (Lipinski definition) is 2. The average molecular weight is 260 g/mol. The van der Waals surface area contributed by atoms with Gasteiger partial charge in [-0.3, -0.25) is 9.78 Å². The van der Waals surface area contributed by atoms with Gasteiger partial charge in [0.25, 0.3) is 5.56 Å². The Morgan fingerprint density at radius 3 is 2.58 bits per heavy atom. The molecule has 0 aliphatic heterocycles. The van der Waals surface area contributed by atoms with Crippen LogP contribution in [-0.2, 0) is 6.42 Å². The first-order valence-corrected chi connectivity index (χ1v) is 6.05. The van der Waals surface area contributed by atoms with E-state index in [2.05, 4.69) is 20.5 Å². The molecule has 19 heavy (non-hydrogen) atoms. The number of aromatic nitrogens is 3. The molecule has 100 valence electrons. The van der Waals surface area contributed by atoms with E-state index in [-0.39, 0.29) is 5.56 Å². The summed E-state index contributed by atoms with van der Waals surface area (Å²) < 4.78 is 5.08. The molecule has 0 radical (unpaired) electrons. The summed E-state index contributed by atoms with van der Waals surface area (Å²) >= 11 is 0. The summed E-state index contributed by atoms with van der Waals surface area (Å²) in [6.07, 6.45) is 0.443. The molecule has 1 aromatic heterocycles. The lowest BCUT2D eigenvalue weighted by molar-refractivity contribution is 0.414. The van der Waals surface area contributed by atoms with Gasteiger partial charge >= 0.3 is 0 Å². The first kappa shape index (κ1) is 13.1. The Morgan fingerprint density at radius 2 is 2.00 bits per heavy atom. The third kappa shape index (κ3) is 3.31. The van der Waals surface area contributed by atoms with Crippen molar-refractivity contribution in [2.45, 2.75) is 13.3 Å². The Kier molecular flexibility index (Phi) is 4.12. The third-order valence-electron chi connectivity index (χ3n) is 2.64. The maximum Gasteiger partial charge on any atom is 0.274 e. The van der Waals surface area contributed by atoms with Gasteiger partial charge in [-0.2, -0.15) is 0 Å². The summed E-state index contributed by atoms with van der Waals surface area (Å²) in [6, 6.07) is 7.50. The van der Waals surface area contributed by atoms with Crippen molar-refractivity contribution < 1.29 is 4.74 Å². The number of anilines is 1. The molecule has 2 N–H and O–H groups in total. The maximum atomic E-state index is 11.8. The molecular weight excluding hydrogens is 244 g/mol. The van der Waals surface area contributed by atoms with E-state index >= 15 is 0 Å². The largest absolute Gasteiger partial charge is 0.497 e. The van der Waals surface area contributed by atoms with Crippen LogP contribution in [0.4, 0.5) is 5.95 Å². The van der Waals surface area contributed by atoms with Gasteiger partial charge in [0.15, 0.2) is 0 Å². The lowest BCUT2D eigenvalue weighted by Gasteiger charge is -2.04. The fourth-order valence-electron chi connectivity index (χ4n) is 1.66. The zero-order valence-electron chi connectivity index (χ0n) is 10.9. The molecule has 0 amide bonds. The Labute approximate surface area is 110 Å². The first-order valence-electron chi connectivity index (χ1n) is 6.05. The molecular formula is C13H16N4O2. The quantitative estimate of drug-likeness (QED) is 0.844. The minimum Gasteiger partial charge on any atom is -0.497 e. The Morgan fingerprint density at radius 1 is 1.26 bits per heavy atom. The molecule has 1 heterocycles. The SMILES string of the molecule is CCNc1nnc(Cc2ccc(OC)cc2)c(=O)[nH]1. The second-order valence-corrected chi connectivity index (χ2v) is 4.00. The fraction of sp³-hybridized carbons (Fsp3) is 0.308. The first-order chi connectivity index (χ1) is 9.22. The monoisotopic (exact) mass is 260 g/mol. The van der Waals surface area contributed by atoms with Crippen molar-refractivity contribution in [1.29, 1.82) is 0 Å². The van der Waals surface area contributed by atoms with Crippen molar-refractivity contribution in [3.63, 3.8) is 0 Å². The maximum absolute atomic E-state index is 11.8. The van der Waals surface area contributed by atoms with E-state index in [0.717, 1.165) is 11.3 Å². The Hall–Kier alpha value is -2.37. The Balaban J connectivity index is 2.16. The van der Waals surface area contributed by atoms with Crippen molar-refractivity contribution >= 4 is 5.95 Å². The van der Waals surface area contributed by atoms with Crippen LogP contribution in [0, 0.1) is 0 Å². The zero-order valence-corrected chi connectivity index (χ0v) is 10.9. The number of rotatable bonds is 5. The van der Waals surface area contributed by atoms with Crippen LogP contribution in [-0.4, -0.2) is 28.8 Å². The number of ether oxygens (including phenoxy) is 1. The summed E-state index contributed by atoms with van der Waals surface area (Å²) in [5.74, 6) is 1.18. The van der Waals surface area contributed by atoms with E-state index in [0.29, 0.717) is 24.6 Å². The van der Waals surface area contributed by atoms with Gasteiger partial charge in [-0.15, -0.1) is 10.2 Å². The molecule has 0 bridgehead atoms. The number of aromatic amines is 1. The summed E-state index contributed by atoms with van der Waals surface area (Å²) in [6.45, 7) is 2.60. The van der Waals surface area contributed by atoms with Crippen LogP contribution in [0.15, 0.2) is 29.1 Å². The molecule has 0 saturated carbocycles. The van der Waals surface area contributed by atoms with E-state index in [9.17, 15) is 4.79 Å². The molecule has 2 aromatic rings. The summed E-state index contributed by atoms with van der Waals surface area (Å²) in [5, 5.41) is 10.8. The van der Waals surface area contributed by atoms with Crippen molar-refractivity contribution in [2.75, 3.05) is 19.0 Å². The lowest BCUT2D eigenvalue weighted by Crippen LogP contribution is -2.19. The summed E-state index contributed by atoms with van der Waals surface area (Å²) in [5.41, 5.74) is 1.16. The fourth-order valence-corrected chi connectivity index (χ4v) is 1.66. The molecule has 0 fully saturated rings. The van der Waals surface area contributed by atoms with Gasteiger partial charge < -0.3 is 10.1 Å². The number of hydrogen-bond acceptors (Lipinski definition) is 5. The second kappa shape index (κ2) is 5.99. The average Bonchev–Trinajstić information content (AvgIpc) is 2.43. The highest BCUT2D eigenvalue weighted by molar-refractivity contribution is 5.30. The smallest absolute Gasteiger partial charge is 0.274 e. The molecule has 1 aromatic carbocycles. The van der Waals surface area contributed by atoms with Crippen LogP contribution in [0.1, 0.15) is 18.2 Å². The van der Waals surface area contributed by atoms with Gasteiger partial charge in [-0.25, -0.2) is 0 Å². The van der Waals surface area contributed by atoms with Crippen molar-refractivity contribution in [3.8, 4) is 5.75 Å². The van der Waals surface area contributed by atoms with E-state index in [1.54, 1.807) is 7.11 Å². The van der Waals surface area contributed by atoms with Crippen LogP contribution >= 0.6 is 0 Å². The zero-order chi connectivity index (χ0) is 13.7. The van der Waals surface area contributed by atoms with E-state index in [1.165, 1.54) is 0 Å². The minimum absolute atomic E-state index is 0.221. The number of methoxy groups -OCH3 is 1. The molecule has 0 unspecified atom stereocenters. The number of nitrogens with zero attached hydrogens (tertiary/aromatic N) is 2. The summed E-state index contributed by atoms with van der Waals surface area (Å²) in [7, 11) is 1.62. The standard InChI is InChI=1S/C13H16N4O2/c1-3-14-13-15-12(18)11(16-17-13)8-9-4-6-10(19-2)7-5-9/h4-7H,3,8H2,1-2H3,(H2,14,15,17,18). The molecule has 2 rings (SSSR count). The molecule has 0 aliphatic rings. The second-order valence-electron chi connectivity index (χ2n) is 4.00. The van der Waals surface area contributed by atoms with Gasteiger partial charge in [0, 0.05) is 13.0 Å². The molecule has 0 saturated heterocycles. The van der Waals surface area contributed by atoms with Gasteiger partial charge in [0.2, 0.25) is 5.95 Å². The molecule has 0 spiro atoms. The predicted molar refractivity (Wildman–Crippen MR) is 72.6 cm³/mol. The molecule has 0 aliphatic carbocycles. The van der Waals surface area contributed by atoms with Gasteiger partial charge in [-0.1, -0.05) is 12.1 Å². The topological polar surface area (TPSA) is 79.9 Å². The lowest BCUT2D eigenvalue weighted by atomic mass is 10.1. The van der Waals surface area contributed by atoms with Gasteiger partial charge in [0.1, 0.15) is 11.4 Å². The van der Waals surface area contributed by atoms with E-state index in [1.807, 2.05) is 31.2 Å². The number of benzene rings is 1. The van der Waals surface area contributed by atoms with Crippen molar-refractivity contribution in [1.82, 2.24) is 15.2 Å². The number of nitrogens with one attached hydrogen (secondary N) is 2. The van der Waals surface area contributed by atoms with Crippen molar-refractivity contribution in [3.05, 3.63) is 45.9 Å². The third-order valence-corrected chi connectivity index (χ3v) is 2.64. The molecule has 6 heteroatoms. The van der Waals surface area contributed by atoms with E-state index in [4.69, 9.17) is 4.74 Å². The van der Waals surface area contributed by atoms with Crippen LogP contribution in [0.2, 0.25) is 0 Å². The van der Waals surface area contributed by atoms with Crippen LogP contribution in [0.25, 0.3) is 0 Å². The predicted octanol–water partition coefficient (Wildman–Crippen LogP) is 1.20. The molecule has 6 nitrogen and oxygen atoms in total. The highest BCUT2D eigenvalue weighted by atomic mass is 16.5. The van der Waals surface area contributed by atoms with Crippen LogP contribution in [0.5, 0.6) is 5.75 Å². The Bertz CT molecular complexity index is 592. The van der Waals surface area contributed by atoms with E-state index < -0.39 is 0 Å². The molecule has 0 atom stereocenters. The highest BCUT2D eigenvalue weighted by Gasteiger charge is 2.05.